The summed E-state index contributed by atoms with van der Waals surface area (Å²) in [6.07, 6.45) is 7.09. The van der Waals surface area contributed by atoms with Gasteiger partial charge in [-0.05, 0) is 50.2 Å². The van der Waals surface area contributed by atoms with Crippen LogP contribution in [0.4, 0.5) is 5.69 Å². The van der Waals surface area contributed by atoms with Gasteiger partial charge >= 0.3 is 0 Å². The fraction of sp³-hybridized carbons (Fsp3) is 0.350. The van der Waals surface area contributed by atoms with Crippen molar-refractivity contribution in [2.24, 2.45) is 0 Å². The van der Waals surface area contributed by atoms with Crippen molar-refractivity contribution in [1.82, 2.24) is 14.3 Å². The highest BCUT2D eigenvalue weighted by atomic mass is 35.5. The zero-order chi connectivity index (χ0) is 18.1. The molecule has 3 heterocycles. The van der Waals surface area contributed by atoms with Crippen molar-refractivity contribution in [1.29, 1.82) is 0 Å². The number of fused-ring (bicyclic) bond motifs is 1. The number of benzene rings is 1. The van der Waals surface area contributed by atoms with E-state index >= 15 is 0 Å². The minimum Gasteiger partial charge on any atom is -0.398 e. The number of rotatable bonds is 3. The number of nitrogens with two attached hydrogens (primary N) is 1. The van der Waals surface area contributed by atoms with Crippen LogP contribution in [0.3, 0.4) is 0 Å². The SMILES string of the molecule is Nc1ccc2nc(-c3ccc(Cl)c(Cl)c3)c(CN3CCCCCC3)n2c1. The summed E-state index contributed by atoms with van der Waals surface area (Å²) in [5.74, 6) is 0. The lowest BCUT2D eigenvalue weighted by atomic mass is 10.1. The number of anilines is 1. The third kappa shape index (κ3) is 3.54. The van der Waals surface area contributed by atoms with Gasteiger partial charge in [0.25, 0.3) is 0 Å². The lowest BCUT2D eigenvalue weighted by Crippen LogP contribution is -2.25. The van der Waals surface area contributed by atoms with Gasteiger partial charge in [0.2, 0.25) is 0 Å². The first-order valence-electron chi connectivity index (χ1n) is 9.06. The van der Waals surface area contributed by atoms with E-state index in [1.807, 2.05) is 36.5 Å². The molecule has 1 aliphatic rings. The number of imidazole rings is 1. The molecule has 1 saturated heterocycles. The molecule has 136 valence electrons. The number of hydrogen-bond donors (Lipinski definition) is 1. The van der Waals surface area contributed by atoms with Gasteiger partial charge in [-0.15, -0.1) is 0 Å². The normalized spacial score (nSPS) is 16.1. The Hall–Kier alpha value is -1.75. The van der Waals surface area contributed by atoms with Gasteiger partial charge in [0.15, 0.2) is 0 Å². The van der Waals surface area contributed by atoms with Crippen molar-refractivity contribution in [2.45, 2.75) is 32.2 Å². The lowest BCUT2D eigenvalue weighted by Gasteiger charge is -2.20. The summed E-state index contributed by atoms with van der Waals surface area (Å²) in [4.78, 5) is 7.38. The molecule has 4 rings (SSSR count). The van der Waals surface area contributed by atoms with Crippen molar-refractivity contribution >= 4 is 34.5 Å². The van der Waals surface area contributed by atoms with Gasteiger partial charge in [0.05, 0.1) is 21.4 Å². The van der Waals surface area contributed by atoms with Gasteiger partial charge in [-0.1, -0.05) is 42.1 Å². The summed E-state index contributed by atoms with van der Waals surface area (Å²) in [5, 5.41) is 1.10. The fourth-order valence-corrected chi connectivity index (χ4v) is 3.94. The van der Waals surface area contributed by atoms with Crippen molar-refractivity contribution in [3.63, 3.8) is 0 Å². The fourth-order valence-electron chi connectivity index (χ4n) is 3.64. The molecule has 4 nitrogen and oxygen atoms in total. The zero-order valence-electron chi connectivity index (χ0n) is 14.6. The van der Waals surface area contributed by atoms with E-state index in [0.29, 0.717) is 10.0 Å². The number of pyridine rings is 1. The van der Waals surface area contributed by atoms with Gasteiger partial charge in [0.1, 0.15) is 5.65 Å². The summed E-state index contributed by atoms with van der Waals surface area (Å²) in [6, 6.07) is 9.54. The Labute approximate surface area is 163 Å². The molecular weight excluding hydrogens is 367 g/mol. The molecule has 0 aliphatic carbocycles. The Bertz CT molecular complexity index is 927. The van der Waals surface area contributed by atoms with Crippen LogP contribution < -0.4 is 5.73 Å². The van der Waals surface area contributed by atoms with Crippen molar-refractivity contribution in [2.75, 3.05) is 18.8 Å². The van der Waals surface area contributed by atoms with Crippen molar-refractivity contribution < 1.29 is 0 Å². The first-order chi connectivity index (χ1) is 12.6. The van der Waals surface area contributed by atoms with E-state index in [-0.39, 0.29) is 0 Å². The summed E-state index contributed by atoms with van der Waals surface area (Å²) in [7, 11) is 0. The Kier molecular flexibility index (Phi) is 5.07. The van der Waals surface area contributed by atoms with E-state index in [2.05, 4.69) is 9.30 Å². The summed E-state index contributed by atoms with van der Waals surface area (Å²) in [6.45, 7) is 3.09. The molecule has 2 N–H and O–H groups in total. The Morgan fingerprint density at radius 2 is 1.73 bits per heavy atom. The molecule has 0 amide bonds. The Morgan fingerprint density at radius 1 is 0.962 bits per heavy atom. The third-order valence-electron chi connectivity index (χ3n) is 5.01. The minimum atomic E-state index is 0.543. The molecule has 1 aliphatic heterocycles. The van der Waals surface area contributed by atoms with Crippen LogP contribution in [0.2, 0.25) is 10.0 Å². The average Bonchev–Trinajstić information content (AvgIpc) is 2.80. The molecule has 0 spiro atoms. The largest absolute Gasteiger partial charge is 0.398 e. The van der Waals surface area contributed by atoms with E-state index in [4.69, 9.17) is 33.9 Å². The van der Waals surface area contributed by atoms with Gasteiger partial charge in [-0.25, -0.2) is 4.98 Å². The molecule has 6 heteroatoms. The maximum atomic E-state index is 6.26. The molecule has 0 saturated carbocycles. The maximum Gasteiger partial charge on any atom is 0.137 e. The molecule has 1 aromatic carbocycles. The molecule has 1 fully saturated rings. The number of nitrogens with zero attached hydrogens (tertiary/aromatic N) is 3. The van der Waals surface area contributed by atoms with Gasteiger partial charge in [0, 0.05) is 24.0 Å². The van der Waals surface area contributed by atoms with E-state index in [1.54, 1.807) is 0 Å². The quantitative estimate of drug-likeness (QED) is 0.664. The van der Waals surface area contributed by atoms with E-state index in [1.165, 1.54) is 25.7 Å². The predicted octanol–water partition coefficient (Wildman–Crippen LogP) is 5.27. The lowest BCUT2D eigenvalue weighted by molar-refractivity contribution is 0.273. The highest BCUT2D eigenvalue weighted by Gasteiger charge is 2.19. The highest BCUT2D eigenvalue weighted by molar-refractivity contribution is 6.42. The van der Waals surface area contributed by atoms with Crippen LogP contribution in [-0.2, 0) is 6.54 Å². The highest BCUT2D eigenvalue weighted by Crippen LogP contribution is 2.31. The van der Waals surface area contributed by atoms with E-state index in [9.17, 15) is 0 Å². The second-order valence-electron chi connectivity index (χ2n) is 6.92. The Morgan fingerprint density at radius 3 is 2.46 bits per heavy atom. The predicted molar refractivity (Wildman–Crippen MR) is 109 cm³/mol. The Balaban J connectivity index is 1.81. The molecular formula is C20H22Cl2N4. The molecule has 26 heavy (non-hydrogen) atoms. The third-order valence-corrected chi connectivity index (χ3v) is 5.74. The van der Waals surface area contributed by atoms with Crippen LogP contribution in [0.15, 0.2) is 36.5 Å². The van der Waals surface area contributed by atoms with E-state index < -0.39 is 0 Å². The van der Waals surface area contributed by atoms with Crippen molar-refractivity contribution in [3.05, 3.63) is 52.3 Å². The molecule has 0 unspecified atom stereocenters. The average molecular weight is 389 g/mol. The standard InChI is InChI=1S/C20H22Cl2N4/c21-16-7-5-14(11-17(16)22)20-18(13-25-9-3-1-2-4-10-25)26-12-15(23)6-8-19(26)24-20/h5-8,11-12H,1-4,9-10,13,23H2. The van der Waals surface area contributed by atoms with Crippen molar-refractivity contribution in [3.8, 4) is 11.3 Å². The zero-order valence-corrected chi connectivity index (χ0v) is 16.1. The number of aromatic nitrogens is 2. The van der Waals surface area contributed by atoms with Crippen LogP contribution >= 0.6 is 23.2 Å². The minimum absolute atomic E-state index is 0.543. The molecule has 0 bridgehead atoms. The number of likely N-dealkylation sites (tertiary alicyclic amines) is 1. The smallest absolute Gasteiger partial charge is 0.137 e. The van der Waals surface area contributed by atoms with Crippen LogP contribution in [-0.4, -0.2) is 27.4 Å². The topological polar surface area (TPSA) is 46.6 Å². The number of halogens is 2. The number of hydrogen-bond acceptors (Lipinski definition) is 3. The van der Waals surface area contributed by atoms with Crippen LogP contribution in [0.5, 0.6) is 0 Å². The second-order valence-corrected chi connectivity index (χ2v) is 7.73. The number of nitrogen functional groups attached to an aromatic ring is 1. The maximum absolute atomic E-state index is 6.26. The van der Waals surface area contributed by atoms with Crippen LogP contribution in [0.25, 0.3) is 16.9 Å². The van der Waals surface area contributed by atoms with Crippen LogP contribution in [0.1, 0.15) is 31.4 Å². The first-order valence-corrected chi connectivity index (χ1v) is 9.81. The first kappa shape index (κ1) is 17.7. The summed E-state index contributed by atoms with van der Waals surface area (Å²) in [5.41, 5.74) is 10.7. The van der Waals surface area contributed by atoms with E-state index in [0.717, 1.165) is 47.9 Å². The van der Waals surface area contributed by atoms with Crippen LogP contribution in [0, 0.1) is 0 Å². The molecule has 2 aromatic heterocycles. The van der Waals surface area contributed by atoms with Gasteiger partial charge in [-0.3, -0.25) is 4.90 Å². The monoisotopic (exact) mass is 388 g/mol. The van der Waals surface area contributed by atoms with Gasteiger partial charge in [-0.2, -0.15) is 0 Å². The summed E-state index contributed by atoms with van der Waals surface area (Å²) < 4.78 is 2.11. The molecule has 3 aromatic rings. The molecule has 0 atom stereocenters. The van der Waals surface area contributed by atoms with Gasteiger partial charge < -0.3 is 10.1 Å². The second kappa shape index (κ2) is 7.47. The summed E-state index contributed by atoms with van der Waals surface area (Å²) >= 11 is 12.4. The molecule has 0 radical (unpaired) electrons.